The van der Waals surface area contributed by atoms with Crippen molar-refractivity contribution < 1.29 is 24.2 Å². The van der Waals surface area contributed by atoms with Crippen LogP contribution in [0, 0.1) is 0 Å². The summed E-state index contributed by atoms with van der Waals surface area (Å²) in [6, 6.07) is 5.28. The molecule has 0 saturated carbocycles. The van der Waals surface area contributed by atoms with E-state index in [1.165, 1.54) is 12.8 Å². The van der Waals surface area contributed by atoms with Gasteiger partial charge in [-0.25, -0.2) is 4.79 Å². The average Bonchev–Trinajstić information content (AvgIpc) is 3.09. The van der Waals surface area contributed by atoms with Crippen LogP contribution in [0.25, 0.3) is 0 Å². The summed E-state index contributed by atoms with van der Waals surface area (Å²) in [6.07, 6.45) is 1.95. The number of carbonyl (C=O) groups is 2. The third-order valence-corrected chi connectivity index (χ3v) is 6.32. The number of aliphatic hydroxyl groups is 1. The molecule has 0 spiro atoms. The predicted octanol–water partition coefficient (Wildman–Crippen LogP) is 2.93. The van der Waals surface area contributed by atoms with E-state index in [0.717, 1.165) is 18.5 Å². The maximum Gasteiger partial charge on any atom is 0.408 e. The van der Waals surface area contributed by atoms with E-state index < -0.39 is 29.4 Å². The molecule has 1 aromatic rings. The number of carbonyl (C=O) groups excluding carboxylic acids is 2. The smallest absolute Gasteiger partial charge is 0.408 e. The Balaban J connectivity index is 1.68. The van der Waals surface area contributed by atoms with Gasteiger partial charge in [0.05, 0.1) is 12.5 Å². The van der Waals surface area contributed by atoms with E-state index in [9.17, 15) is 14.7 Å². The highest BCUT2D eigenvalue weighted by Crippen LogP contribution is 2.40. The molecule has 33 heavy (non-hydrogen) atoms. The highest BCUT2D eigenvalue weighted by molar-refractivity contribution is 5.78. The molecule has 2 aliphatic rings. The molecular formula is C25H39N3O5. The lowest BCUT2D eigenvalue weighted by molar-refractivity contribution is -0.120. The quantitative estimate of drug-likeness (QED) is 0.602. The third-order valence-electron chi connectivity index (χ3n) is 6.32. The molecule has 2 aliphatic heterocycles. The third kappa shape index (κ3) is 6.60. The summed E-state index contributed by atoms with van der Waals surface area (Å²) < 4.78 is 11.4. The van der Waals surface area contributed by atoms with Crippen LogP contribution < -0.4 is 15.4 Å². The Labute approximate surface area is 197 Å². The first-order chi connectivity index (χ1) is 15.4. The summed E-state index contributed by atoms with van der Waals surface area (Å²) in [5.41, 5.74) is -0.147. The molecule has 184 valence electrons. The van der Waals surface area contributed by atoms with Gasteiger partial charge in [0.15, 0.2) is 0 Å². The largest absolute Gasteiger partial charge is 0.485 e. The molecule has 3 N–H and O–H groups in total. The maximum absolute atomic E-state index is 12.5. The fourth-order valence-electron chi connectivity index (χ4n) is 4.52. The van der Waals surface area contributed by atoms with Crippen LogP contribution in [0.3, 0.4) is 0 Å². The molecule has 1 unspecified atom stereocenters. The summed E-state index contributed by atoms with van der Waals surface area (Å²) >= 11 is 0. The van der Waals surface area contributed by atoms with Crippen LogP contribution >= 0.6 is 0 Å². The summed E-state index contributed by atoms with van der Waals surface area (Å²) in [5.74, 6) is 0.518. The van der Waals surface area contributed by atoms with E-state index in [4.69, 9.17) is 9.47 Å². The molecular weight excluding hydrogens is 422 g/mol. The van der Waals surface area contributed by atoms with Gasteiger partial charge in [-0.15, -0.1) is 0 Å². The molecule has 3 rings (SSSR count). The van der Waals surface area contributed by atoms with Gasteiger partial charge in [-0.2, -0.15) is 0 Å². The van der Waals surface area contributed by atoms with E-state index in [-0.39, 0.29) is 12.3 Å². The number of ether oxygens (including phenoxy) is 2. The Morgan fingerprint density at radius 1 is 1.30 bits per heavy atom. The number of nitrogens with one attached hydrogen (secondary N) is 2. The van der Waals surface area contributed by atoms with Gasteiger partial charge in [0.1, 0.15) is 23.1 Å². The van der Waals surface area contributed by atoms with Crippen LogP contribution in [0.15, 0.2) is 18.2 Å². The molecule has 2 amide bonds. The number of hydrogen-bond donors (Lipinski definition) is 3. The molecule has 1 saturated heterocycles. The molecule has 0 radical (unpaired) electrons. The van der Waals surface area contributed by atoms with Crippen molar-refractivity contribution in [3.63, 3.8) is 0 Å². The Kier molecular flexibility index (Phi) is 7.59. The van der Waals surface area contributed by atoms with Crippen molar-refractivity contribution in [2.45, 2.75) is 89.7 Å². The summed E-state index contributed by atoms with van der Waals surface area (Å²) in [7, 11) is 2.13. The lowest BCUT2D eigenvalue weighted by Crippen LogP contribution is -2.54. The molecule has 8 nitrogen and oxygen atoms in total. The first-order valence-corrected chi connectivity index (χ1v) is 11.8. The van der Waals surface area contributed by atoms with E-state index in [0.29, 0.717) is 23.9 Å². The van der Waals surface area contributed by atoms with Crippen molar-refractivity contribution in [1.82, 2.24) is 15.5 Å². The molecule has 0 bridgehead atoms. The van der Waals surface area contributed by atoms with Gasteiger partial charge in [0.2, 0.25) is 5.91 Å². The number of amides is 2. The summed E-state index contributed by atoms with van der Waals surface area (Å²) in [5, 5.41) is 16.7. The lowest BCUT2D eigenvalue weighted by Gasteiger charge is -2.42. The Hall–Kier alpha value is -2.32. The SMILES string of the molecule is CN1CCCC1CCNC(=O)Cc1ccc2c(c1)[C@@H](NC(=O)OC(C)(C)C)[C@H](O)C(C)(C)O2. The molecule has 1 aromatic carbocycles. The minimum atomic E-state index is -0.995. The van der Waals surface area contributed by atoms with Gasteiger partial charge in [0, 0.05) is 18.2 Å². The van der Waals surface area contributed by atoms with Crippen molar-refractivity contribution in [2.75, 3.05) is 20.1 Å². The van der Waals surface area contributed by atoms with Crippen molar-refractivity contribution in [1.29, 1.82) is 0 Å². The standard InChI is InChI=1S/C25H39N3O5/c1-24(2,3)33-23(31)27-21-18-14-16(9-10-19(18)32-25(4,5)22(21)30)15-20(29)26-12-11-17-8-7-13-28(17)6/h9-10,14,17,21-22,30H,7-8,11-13,15H2,1-6H3,(H,26,29)(H,27,31)/t17?,21-,22+/m1/s1. The van der Waals surface area contributed by atoms with E-state index >= 15 is 0 Å². The molecule has 3 atom stereocenters. The Bertz CT molecular complexity index is 864. The molecule has 0 aromatic heterocycles. The average molecular weight is 462 g/mol. The monoisotopic (exact) mass is 461 g/mol. The topological polar surface area (TPSA) is 100 Å². The van der Waals surface area contributed by atoms with Crippen LogP contribution in [0.1, 0.15) is 71.0 Å². The van der Waals surface area contributed by atoms with Crippen LogP contribution in [-0.4, -0.2) is 65.5 Å². The van der Waals surface area contributed by atoms with Crippen molar-refractivity contribution in [3.05, 3.63) is 29.3 Å². The van der Waals surface area contributed by atoms with E-state index in [1.54, 1.807) is 40.7 Å². The zero-order chi connectivity index (χ0) is 24.4. The van der Waals surface area contributed by atoms with E-state index in [1.807, 2.05) is 12.1 Å². The van der Waals surface area contributed by atoms with Gasteiger partial charge in [-0.05, 0) is 85.2 Å². The fourth-order valence-corrected chi connectivity index (χ4v) is 4.52. The van der Waals surface area contributed by atoms with Crippen LogP contribution in [0.5, 0.6) is 5.75 Å². The maximum atomic E-state index is 12.5. The first kappa shape index (κ1) is 25.3. The predicted molar refractivity (Wildman–Crippen MR) is 126 cm³/mol. The zero-order valence-corrected chi connectivity index (χ0v) is 20.7. The van der Waals surface area contributed by atoms with Crippen LogP contribution in [0.2, 0.25) is 0 Å². The number of benzene rings is 1. The highest BCUT2D eigenvalue weighted by Gasteiger charge is 2.44. The number of alkyl carbamates (subject to hydrolysis) is 1. The summed E-state index contributed by atoms with van der Waals surface area (Å²) in [6.45, 7) is 10.7. The number of rotatable bonds is 6. The van der Waals surface area contributed by atoms with Gasteiger partial charge < -0.3 is 30.1 Å². The molecule has 1 fully saturated rings. The summed E-state index contributed by atoms with van der Waals surface area (Å²) in [4.78, 5) is 27.3. The normalized spacial score (nSPS) is 24.5. The fraction of sp³-hybridized carbons (Fsp3) is 0.680. The van der Waals surface area contributed by atoms with Gasteiger partial charge >= 0.3 is 6.09 Å². The van der Waals surface area contributed by atoms with Crippen LogP contribution in [-0.2, 0) is 16.0 Å². The Morgan fingerprint density at radius 3 is 2.67 bits per heavy atom. The number of likely N-dealkylation sites (tertiary alicyclic amines) is 1. The minimum Gasteiger partial charge on any atom is -0.485 e. The minimum absolute atomic E-state index is 0.0511. The number of hydrogen-bond acceptors (Lipinski definition) is 6. The van der Waals surface area contributed by atoms with Crippen LogP contribution in [0.4, 0.5) is 4.79 Å². The number of aliphatic hydroxyl groups excluding tert-OH is 1. The highest BCUT2D eigenvalue weighted by atomic mass is 16.6. The van der Waals surface area contributed by atoms with Gasteiger partial charge in [-0.1, -0.05) is 6.07 Å². The van der Waals surface area contributed by atoms with Gasteiger partial charge in [-0.3, -0.25) is 4.79 Å². The second-order valence-corrected chi connectivity index (χ2v) is 10.7. The number of fused-ring (bicyclic) bond motifs is 1. The van der Waals surface area contributed by atoms with Gasteiger partial charge in [0.25, 0.3) is 0 Å². The molecule has 2 heterocycles. The lowest BCUT2D eigenvalue weighted by atomic mass is 9.85. The van der Waals surface area contributed by atoms with Crippen molar-refractivity contribution >= 4 is 12.0 Å². The second kappa shape index (κ2) is 9.89. The van der Waals surface area contributed by atoms with Crippen molar-refractivity contribution in [3.8, 4) is 5.75 Å². The second-order valence-electron chi connectivity index (χ2n) is 10.7. The zero-order valence-electron chi connectivity index (χ0n) is 20.7. The van der Waals surface area contributed by atoms with Crippen molar-refractivity contribution in [2.24, 2.45) is 0 Å². The number of nitrogens with zero attached hydrogens (tertiary/aromatic N) is 1. The molecule has 8 heteroatoms. The Morgan fingerprint density at radius 2 is 2.03 bits per heavy atom. The van der Waals surface area contributed by atoms with E-state index in [2.05, 4.69) is 22.6 Å². The molecule has 0 aliphatic carbocycles. The first-order valence-electron chi connectivity index (χ1n) is 11.8.